The van der Waals surface area contributed by atoms with Gasteiger partial charge in [-0.1, -0.05) is 11.9 Å². The zero-order valence-electron chi connectivity index (χ0n) is 22.9. The molecule has 4 bridgehead atoms. The summed E-state index contributed by atoms with van der Waals surface area (Å²) in [5.41, 5.74) is 2.03. The summed E-state index contributed by atoms with van der Waals surface area (Å²) in [5, 5.41) is 11.1. The molecule has 1 saturated carbocycles. The number of fused-ring (bicyclic) bond motifs is 6. The Kier molecular flexibility index (Phi) is 7.88. The Morgan fingerprint density at radius 1 is 1.21 bits per heavy atom. The molecule has 7 unspecified atom stereocenters. The Balaban J connectivity index is 1.11. The molecular weight excluding hydrogens is 531 g/mol. The van der Waals surface area contributed by atoms with Gasteiger partial charge in [0, 0.05) is 49.9 Å². The molecule has 0 aromatic carbocycles. The number of ether oxygens (including phenoxy) is 2. The highest BCUT2D eigenvalue weighted by Crippen LogP contribution is 2.59. The van der Waals surface area contributed by atoms with Crippen LogP contribution in [0.15, 0.2) is 12.3 Å². The standard InChI is InChI=1S/C26H42F3N7O2S/c1-24(2)15-19-17-35(24)23-18(16-30-39-22-6-10-34(33-22)12-14-37-19)3-4-20(31-23)36-11-5-21(32-36)38-13-9-25(7-8-25)26(27,28)29/h5,11,18-20,22-23,30-31,33H,3-4,6-10,12-17H2,1-2H3. The molecule has 0 spiro atoms. The predicted octanol–water partition coefficient (Wildman–Crippen LogP) is 3.48. The van der Waals surface area contributed by atoms with Gasteiger partial charge in [0.1, 0.15) is 6.17 Å². The smallest absolute Gasteiger partial charge is 0.394 e. The first-order chi connectivity index (χ1) is 18.6. The van der Waals surface area contributed by atoms with E-state index in [2.05, 4.69) is 44.3 Å². The highest BCUT2D eigenvalue weighted by atomic mass is 32.2. The third-order valence-corrected chi connectivity index (χ3v) is 10.3. The summed E-state index contributed by atoms with van der Waals surface area (Å²) in [6.45, 7) is 9.07. The van der Waals surface area contributed by atoms with Gasteiger partial charge in [0.05, 0.1) is 36.3 Å². The third-order valence-electron chi connectivity index (χ3n) is 9.32. The minimum absolute atomic E-state index is 0.0109. The normalized spacial score (nSPS) is 38.1. The van der Waals surface area contributed by atoms with Crippen molar-refractivity contribution < 1.29 is 22.6 Å². The molecular formula is C26H42F3N7O2S. The maximum absolute atomic E-state index is 13.2. The topological polar surface area (TPSA) is 78.9 Å². The van der Waals surface area contributed by atoms with Crippen molar-refractivity contribution in [1.29, 1.82) is 0 Å². The molecule has 6 rings (SSSR count). The molecule has 5 aliphatic rings. The van der Waals surface area contributed by atoms with E-state index in [-0.39, 0.29) is 49.8 Å². The fourth-order valence-electron chi connectivity index (χ4n) is 6.72. The SMILES string of the molecule is CC1(C)CC2CN1C1NC(n3ccc(OCCC4(C(F)(F)F)CC4)n3)CCC1CNSC1CCN(CCO2)N1. The van der Waals surface area contributed by atoms with Crippen molar-refractivity contribution in [2.45, 2.75) is 94.3 Å². The number of halogens is 3. The third kappa shape index (κ3) is 6.09. The second kappa shape index (κ2) is 11.0. The minimum atomic E-state index is -4.15. The van der Waals surface area contributed by atoms with E-state index in [0.717, 1.165) is 58.5 Å². The molecule has 5 fully saturated rings. The van der Waals surface area contributed by atoms with Crippen molar-refractivity contribution in [2.24, 2.45) is 11.3 Å². The van der Waals surface area contributed by atoms with Crippen molar-refractivity contribution in [3.05, 3.63) is 12.3 Å². The number of aromatic nitrogens is 2. The van der Waals surface area contributed by atoms with Gasteiger partial charge >= 0.3 is 6.18 Å². The average molecular weight is 574 g/mol. The molecule has 0 amide bonds. The fourth-order valence-corrected chi connectivity index (χ4v) is 7.66. The largest absolute Gasteiger partial charge is 0.477 e. The Hall–Kier alpha value is -1.09. The maximum atomic E-state index is 13.2. The maximum Gasteiger partial charge on any atom is 0.394 e. The highest BCUT2D eigenvalue weighted by Gasteiger charge is 2.62. The van der Waals surface area contributed by atoms with Gasteiger partial charge in [-0.3, -0.25) is 19.6 Å². The summed E-state index contributed by atoms with van der Waals surface area (Å²) in [6, 6.07) is 1.76. The number of hydrogen-bond donors (Lipinski definition) is 3. The highest BCUT2D eigenvalue weighted by molar-refractivity contribution is 7.98. The van der Waals surface area contributed by atoms with Gasteiger partial charge in [-0.15, -0.1) is 5.10 Å². The van der Waals surface area contributed by atoms with E-state index in [4.69, 9.17) is 9.47 Å². The molecule has 13 heteroatoms. The van der Waals surface area contributed by atoms with Crippen LogP contribution in [0.3, 0.4) is 0 Å². The van der Waals surface area contributed by atoms with Crippen molar-refractivity contribution in [3.63, 3.8) is 0 Å². The van der Waals surface area contributed by atoms with E-state index in [0.29, 0.717) is 17.2 Å². The second-order valence-corrected chi connectivity index (χ2v) is 13.6. The van der Waals surface area contributed by atoms with Gasteiger partial charge in [0.2, 0.25) is 5.88 Å². The quantitative estimate of drug-likeness (QED) is 0.459. The molecule has 0 radical (unpaired) electrons. The first kappa shape index (κ1) is 28.0. The van der Waals surface area contributed by atoms with Crippen LogP contribution in [-0.4, -0.2) is 88.4 Å². The van der Waals surface area contributed by atoms with Gasteiger partial charge in [-0.25, -0.2) is 10.4 Å². The molecule has 4 saturated heterocycles. The molecule has 1 aliphatic carbocycles. The van der Waals surface area contributed by atoms with Crippen molar-refractivity contribution in [2.75, 3.05) is 39.4 Å². The average Bonchev–Trinajstić information content (AvgIpc) is 3.18. The number of hydrogen-bond acceptors (Lipinski definition) is 9. The summed E-state index contributed by atoms with van der Waals surface area (Å²) in [4.78, 5) is 2.58. The monoisotopic (exact) mass is 573 g/mol. The van der Waals surface area contributed by atoms with Gasteiger partial charge in [0.15, 0.2) is 0 Å². The zero-order valence-corrected chi connectivity index (χ0v) is 23.7. The molecule has 1 aromatic rings. The number of nitrogens with one attached hydrogen (secondary N) is 3. The molecule has 7 atom stereocenters. The summed E-state index contributed by atoms with van der Waals surface area (Å²) in [7, 11) is 0. The van der Waals surface area contributed by atoms with E-state index in [1.807, 2.05) is 10.9 Å². The minimum Gasteiger partial charge on any atom is -0.477 e. The second-order valence-electron chi connectivity index (χ2n) is 12.5. The number of alkyl halides is 3. The summed E-state index contributed by atoms with van der Waals surface area (Å²) < 4.78 is 57.3. The van der Waals surface area contributed by atoms with Crippen LogP contribution in [0, 0.1) is 11.3 Å². The number of piperidine rings is 1. The van der Waals surface area contributed by atoms with Crippen LogP contribution in [0.25, 0.3) is 0 Å². The van der Waals surface area contributed by atoms with Gasteiger partial charge in [-0.05, 0) is 58.8 Å². The lowest BCUT2D eigenvalue weighted by molar-refractivity contribution is -0.190. The van der Waals surface area contributed by atoms with E-state index >= 15 is 0 Å². The molecule has 39 heavy (non-hydrogen) atoms. The Bertz CT molecular complexity index is 991. The number of hydrazine groups is 1. The summed E-state index contributed by atoms with van der Waals surface area (Å²) in [5.74, 6) is 0.796. The van der Waals surface area contributed by atoms with E-state index < -0.39 is 11.6 Å². The molecule has 5 heterocycles. The Morgan fingerprint density at radius 3 is 2.85 bits per heavy atom. The number of rotatable bonds is 5. The van der Waals surface area contributed by atoms with Crippen LogP contribution in [0.1, 0.15) is 65.0 Å². The van der Waals surface area contributed by atoms with Crippen LogP contribution in [0.2, 0.25) is 0 Å². The molecule has 3 N–H and O–H groups in total. The lowest BCUT2D eigenvalue weighted by atomic mass is 9.91. The van der Waals surface area contributed by atoms with E-state index in [1.165, 1.54) is 0 Å². The van der Waals surface area contributed by atoms with Crippen LogP contribution in [0.5, 0.6) is 5.88 Å². The first-order valence-corrected chi connectivity index (χ1v) is 15.3. The molecule has 9 nitrogen and oxygen atoms in total. The van der Waals surface area contributed by atoms with Crippen molar-refractivity contribution >= 4 is 11.9 Å². The van der Waals surface area contributed by atoms with Gasteiger partial charge in [-0.2, -0.15) is 13.2 Å². The molecule has 1 aromatic heterocycles. The van der Waals surface area contributed by atoms with E-state index in [1.54, 1.807) is 18.0 Å². The van der Waals surface area contributed by atoms with Crippen LogP contribution < -0.4 is 20.2 Å². The summed E-state index contributed by atoms with van der Waals surface area (Å²) in [6.07, 6.45) is 2.47. The fraction of sp³-hybridized carbons (Fsp3) is 0.885. The lowest BCUT2D eigenvalue weighted by Gasteiger charge is -2.47. The molecule has 220 valence electrons. The lowest BCUT2D eigenvalue weighted by Crippen LogP contribution is -2.60. The predicted molar refractivity (Wildman–Crippen MR) is 143 cm³/mol. The summed E-state index contributed by atoms with van der Waals surface area (Å²) >= 11 is 1.79. The Morgan fingerprint density at radius 2 is 2.05 bits per heavy atom. The van der Waals surface area contributed by atoms with Crippen LogP contribution in [-0.2, 0) is 4.74 Å². The van der Waals surface area contributed by atoms with Gasteiger partial charge < -0.3 is 9.47 Å². The molecule has 4 aliphatic heterocycles. The van der Waals surface area contributed by atoms with Crippen molar-refractivity contribution in [1.82, 2.24) is 35.2 Å². The van der Waals surface area contributed by atoms with E-state index in [9.17, 15) is 13.2 Å². The number of nitrogens with zero attached hydrogens (tertiary/aromatic N) is 4. The van der Waals surface area contributed by atoms with Crippen LogP contribution in [0.4, 0.5) is 13.2 Å². The van der Waals surface area contributed by atoms with Crippen LogP contribution >= 0.6 is 11.9 Å². The first-order valence-electron chi connectivity index (χ1n) is 14.4. The van der Waals surface area contributed by atoms with Gasteiger partial charge in [0.25, 0.3) is 0 Å². The Labute approximate surface area is 233 Å². The van der Waals surface area contributed by atoms with Crippen molar-refractivity contribution in [3.8, 4) is 5.88 Å². The zero-order chi connectivity index (χ0) is 27.3.